The monoisotopic (exact) mass is 290 g/mol. The summed E-state index contributed by atoms with van der Waals surface area (Å²) in [7, 11) is 0. The van der Waals surface area contributed by atoms with Crippen LogP contribution in [0.2, 0.25) is 0 Å². The van der Waals surface area contributed by atoms with Crippen LogP contribution in [0.25, 0.3) is 0 Å². The maximum Gasteiger partial charge on any atom is 0.321 e. The van der Waals surface area contributed by atoms with Crippen molar-refractivity contribution in [1.29, 1.82) is 0 Å². The molecule has 1 aromatic carbocycles. The Labute approximate surface area is 125 Å². The summed E-state index contributed by atoms with van der Waals surface area (Å²) < 4.78 is 0. The molecule has 0 radical (unpaired) electrons. The molecule has 0 aliphatic carbocycles. The first-order valence-corrected chi connectivity index (χ1v) is 7.22. The van der Waals surface area contributed by atoms with Crippen LogP contribution in [0.4, 0.5) is 10.5 Å². The lowest BCUT2D eigenvalue weighted by Gasteiger charge is -2.34. The zero-order chi connectivity index (χ0) is 15.6. The molecular weight excluding hydrogens is 268 g/mol. The lowest BCUT2D eigenvalue weighted by Crippen LogP contribution is -2.47. The van der Waals surface area contributed by atoms with Crippen LogP contribution in [0.15, 0.2) is 18.2 Å². The number of rotatable bonds is 2. The van der Waals surface area contributed by atoms with E-state index in [2.05, 4.69) is 5.32 Å². The van der Waals surface area contributed by atoms with Gasteiger partial charge in [-0.25, -0.2) is 4.79 Å². The summed E-state index contributed by atoms with van der Waals surface area (Å²) >= 11 is 0. The number of aryl methyl sites for hydroxylation is 2. The molecule has 1 saturated heterocycles. The largest absolute Gasteiger partial charge is 0.481 e. The summed E-state index contributed by atoms with van der Waals surface area (Å²) in [5, 5.41) is 12.1. The molecule has 1 fully saturated rings. The molecule has 1 aliphatic heterocycles. The molecule has 114 valence electrons. The van der Waals surface area contributed by atoms with Crippen molar-refractivity contribution in [1.82, 2.24) is 4.90 Å². The smallest absolute Gasteiger partial charge is 0.321 e. The SMILES string of the molecule is Cc1ccc(C)c(NC(=O)N2CC(C)CC(C(=O)O)C2)c1. The Morgan fingerprint density at radius 1 is 1.29 bits per heavy atom. The van der Waals surface area contributed by atoms with Crippen molar-refractivity contribution in [2.45, 2.75) is 27.2 Å². The number of likely N-dealkylation sites (tertiary alicyclic amines) is 1. The number of piperidine rings is 1. The molecule has 0 bridgehead atoms. The van der Waals surface area contributed by atoms with E-state index in [-0.39, 0.29) is 18.5 Å². The van der Waals surface area contributed by atoms with E-state index in [1.807, 2.05) is 39.0 Å². The Morgan fingerprint density at radius 3 is 2.67 bits per heavy atom. The van der Waals surface area contributed by atoms with E-state index < -0.39 is 11.9 Å². The molecule has 5 heteroatoms. The van der Waals surface area contributed by atoms with Gasteiger partial charge in [0.2, 0.25) is 0 Å². The molecule has 2 amide bonds. The fourth-order valence-corrected chi connectivity index (χ4v) is 2.76. The van der Waals surface area contributed by atoms with E-state index in [9.17, 15) is 9.59 Å². The van der Waals surface area contributed by atoms with Gasteiger partial charge in [-0.2, -0.15) is 0 Å². The Balaban J connectivity index is 2.08. The highest BCUT2D eigenvalue weighted by atomic mass is 16.4. The molecule has 1 aliphatic rings. The number of hydrogen-bond donors (Lipinski definition) is 2. The van der Waals surface area contributed by atoms with Gasteiger partial charge < -0.3 is 15.3 Å². The highest BCUT2D eigenvalue weighted by Gasteiger charge is 2.31. The third kappa shape index (κ3) is 3.74. The van der Waals surface area contributed by atoms with Crippen molar-refractivity contribution in [2.75, 3.05) is 18.4 Å². The lowest BCUT2D eigenvalue weighted by molar-refractivity contribution is -0.143. The first-order valence-electron chi connectivity index (χ1n) is 7.22. The summed E-state index contributed by atoms with van der Waals surface area (Å²) in [4.78, 5) is 25.1. The first kappa shape index (κ1) is 15.4. The number of benzene rings is 1. The van der Waals surface area contributed by atoms with Gasteiger partial charge in [0, 0.05) is 18.8 Å². The molecular formula is C16H22N2O3. The lowest BCUT2D eigenvalue weighted by atomic mass is 9.91. The fraction of sp³-hybridized carbons (Fsp3) is 0.500. The predicted molar refractivity (Wildman–Crippen MR) is 81.4 cm³/mol. The van der Waals surface area contributed by atoms with Gasteiger partial charge in [-0.1, -0.05) is 19.1 Å². The number of nitrogens with zero attached hydrogens (tertiary/aromatic N) is 1. The minimum Gasteiger partial charge on any atom is -0.481 e. The number of carboxylic acids is 1. The number of carbonyl (C=O) groups excluding carboxylic acids is 1. The van der Waals surface area contributed by atoms with E-state index >= 15 is 0 Å². The van der Waals surface area contributed by atoms with E-state index in [1.165, 1.54) is 0 Å². The number of carbonyl (C=O) groups is 2. The molecule has 21 heavy (non-hydrogen) atoms. The zero-order valence-electron chi connectivity index (χ0n) is 12.7. The predicted octanol–water partition coefficient (Wildman–Crippen LogP) is 2.88. The maximum absolute atomic E-state index is 12.4. The maximum atomic E-state index is 12.4. The molecule has 2 N–H and O–H groups in total. The van der Waals surface area contributed by atoms with Crippen molar-refractivity contribution >= 4 is 17.7 Å². The molecule has 2 rings (SSSR count). The van der Waals surface area contributed by atoms with E-state index in [4.69, 9.17) is 5.11 Å². The fourth-order valence-electron chi connectivity index (χ4n) is 2.76. The van der Waals surface area contributed by atoms with Crippen LogP contribution in [0.5, 0.6) is 0 Å². The van der Waals surface area contributed by atoms with Crippen molar-refractivity contribution in [2.24, 2.45) is 11.8 Å². The van der Waals surface area contributed by atoms with Gasteiger partial charge in [-0.05, 0) is 43.4 Å². The van der Waals surface area contributed by atoms with Gasteiger partial charge in [-0.3, -0.25) is 4.79 Å². The summed E-state index contributed by atoms with van der Waals surface area (Å²) in [5.74, 6) is -1.10. The molecule has 0 saturated carbocycles. The van der Waals surface area contributed by atoms with Crippen molar-refractivity contribution in [3.8, 4) is 0 Å². The third-order valence-electron chi connectivity index (χ3n) is 3.93. The number of amides is 2. The van der Waals surface area contributed by atoms with Crippen LogP contribution in [-0.4, -0.2) is 35.1 Å². The molecule has 1 aromatic rings. The molecule has 1 heterocycles. The average molecular weight is 290 g/mol. The average Bonchev–Trinajstić information content (AvgIpc) is 2.42. The van der Waals surface area contributed by atoms with Gasteiger partial charge in [0.15, 0.2) is 0 Å². The number of carboxylic acid groups (broad SMARTS) is 1. The van der Waals surface area contributed by atoms with Crippen LogP contribution >= 0.6 is 0 Å². The Hall–Kier alpha value is -2.04. The van der Waals surface area contributed by atoms with Crippen molar-refractivity contribution < 1.29 is 14.7 Å². The van der Waals surface area contributed by atoms with Gasteiger partial charge in [0.05, 0.1) is 5.92 Å². The second-order valence-electron chi connectivity index (χ2n) is 6.03. The van der Waals surface area contributed by atoms with E-state index in [1.54, 1.807) is 4.90 Å². The second kappa shape index (κ2) is 6.16. The number of anilines is 1. The normalized spacial score (nSPS) is 22.0. The van der Waals surface area contributed by atoms with E-state index in [0.29, 0.717) is 13.0 Å². The molecule has 2 unspecified atom stereocenters. The Kier molecular flexibility index (Phi) is 4.50. The summed E-state index contributed by atoms with van der Waals surface area (Å²) in [6.45, 7) is 6.76. The first-order chi connectivity index (χ1) is 9.86. The number of hydrogen-bond acceptors (Lipinski definition) is 2. The van der Waals surface area contributed by atoms with Crippen molar-refractivity contribution in [3.05, 3.63) is 29.3 Å². The minimum atomic E-state index is -0.828. The van der Waals surface area contributed by atoms with Crippen LogP contribution in [0.1, 0.15) is 24.5 Å². The highest BCUT2D eigenvalue weighted by Crippen LogP contribution is 2.23. The minimum absolute atomic E-state index is 0.198. The standard InChI is InChI=1S/C16H22N2O3/c1-10-4-5-12(3)14(7-10)17-16(21)18-8-11(2)6-13(9-18)15(19)20/h4-5,7,11,13H,6,8-9H2,1-3H3,(H,17,21)(H,19,20). The quantitative estimate of drug-likeness (QED) is 0.880. The molecule has 0 aromatic heterocycles. The summed E-state index contributed by atoms with van der Waals surface area (Å²) in [6, 6.07) is 5.66. The highest BCUT2D eigenvalue weighted by molar-refractivity contribution is 5.90. The summed E-state index contributed by atoms with van der Waals surface area (Å²) in [6.07, 6.45) is 0.628. The number of nitrogens with one attached hydrogen (secondary N) is 1. The zero-order valence-corrected chi connectivity index (χ0v) is 12.7. The number of aliphatic carboxylic acids is 1. The van der Waals surface area contributed by atoms with E-state index in [0.717, 1.165) is 16.8 Å². The van der Waals surface area contributed by atoms with Gasteiger partial charge in [-0.15, -0.1) is 0 Å². The van der Waals surface area contributed by atoms with Crippen LogP contribution < -0.4 is 5.32 Å². The second-order valence-corrected chi connectivity index (χ2v) is 6.03. The van der Waals surface area contributed by atoms with Crippen LogP contribution in [0, 0.1) is 25.7 Å². The molecule has 2 atom stereocenters. The van der Waals surface area contributed by atoms with Crippen molar-refractivity contribution in [3.63, 3.8) is 0 Å². The van der Waals surface area contributed by atoms with Crippen LogP contribution in [-0.2, 0) is 4.79 Å². The molecule has 5 nitrogen and oxygen atoms in total. The number of urea groups is 1. The Morgan fingerprint density at radius 2 is 2.00 bits per heavy atom. The topological polar surface area (TPSA) is 69.6 Å². The molecule has 0 spiro atoms. The van der Waals surface area contributed by atoms with Gasteiger partial charge >= 0.3 is 12.0 Å². The third-order valence-corrected chi connectivity index (χ3v) is 3.93. The van der Waals surface area contributed by atoms with Crippen LogP contribution in [0.3, 0.4) is 0 Å². The summed E-state index contributed by atoms with van der Waals surface area (Å²) in [5.41, 5.74) is 2.85. The Bertz CT molecular complexity index is 556. The van der Waals surface area contributed by atoms with Gasteiger partial charge in [0.1, 0.15) is 0 Å². The van der Waals surface area contributed by atoms with Gasteiger partial charge in [0.25, 0.3) is 0 Å².